The Bertz CT molecular complexity index is 625. The van der Waals surface area contributed by atoms with Crippen LogP contribution in [0.1, 0.15) is 39.0 Å². The summed E-state index contributed by atoms with van der Waals surface area (Å²) in [6.45, 7) is 8.26. The molecule has 26 heavy (non-hydrogen) atoms. The lowest BCUT2D eigenvalue weighted by atomic mass is 9.86. The third kappa shape index (κ3) is 3.74. The Kier molecular flexibility index (Phi) is 5.18. The van der Waals surface area contributed by atoms with Crippen molar-refractivity contribution >= 4 is 11.6 Å². The third-order valence-electron chi connectivity index (χ3n) is 6.35. The van der Waals surface area contributed by atoms with E-state index in [1.54, 1.807) is 0 Å². The van der Waals surface area contributed by atoms with E-state index in [1.807, 2.05) is 29.2 Å². The molecule has 3 saturated heterocycles. The van der Waals surface area contributed by atoms with Gasteiger partial charge in [-0.2, -0.15) is 0 Å². The van der Waals surface area contributed by atoms with E-state index in [4.69, 9.17) is 4.74 Å². The summed E-state index contributed by atoms with van der Waals surface area (Å²) in [6, 6.07) is 8.78. The molecule has 5 heteroatoms. The zero-order chi connectivity index (χ0) is 18.0. The molecule has 142 valence electrons. The van der Waals surface area contributed by atoms with Crippen molar-refractivity contribution < 1.29 is 9.53 Å². The second kappa shape index (κ2) is 7.57. The van der Waals surface area contributed by atoms with Crippen LogP contribution in [0, 0.1) is 5.41 Å². The molecule has 0 aromatic heterocycles. The minimum Gasteiger partial charge on any atom is -0.494 e. The van der Waals surface area contributed by atoms with E-state index in [1.165, 1.54) is 19.4 Å². The van der Waals surface area contributed by atoms with E-state index in [2.05, 4.69) is 17.1 Å². The molecule has 5 nitrogen and oxygen atoms in total. The molecule has 3 heterocycles. The molecule has 0 aliphatic carbocycles. The van der Waals surface area contributed by atoms with E-state index >= 15 is 0 Å². The van der Waals surface area contributed by atoms with Crippen molar-refractivity contribution in [3.8, 4) is 5.75 Å². The monoisotopic (exact) mass is 357 g/mol. The highest BCUT2D eigenvalue weighted by molar-refractivity contribution is 5.96. The van der Waals surface area contributed by atoms with Crippen molar-refractivity contribution in [3.05, 3.63) is 24.3 Å². The molecule has 2 atom stereocenters. The number of likely N-dealkylation sites (tertiary alicyclic amines) is 1. The van der Waals surface area contributed by atoms with Gasteiger partial charge in [-0.1, -0.05) is 0 Å². The Morgan fingerprint density at radius 3 is 2.85 bits per heavy atom. The van der Waals surface area contributed by atoms with Gasteiger partial charge >= 0.3 is 0 Å². The van der Waals surface area contributed by atoms with Gasteiger partial charge in [0.25, 0.3) is 0 Å². The Labute approximate surface area is 156 Å². The van der Waals surface area contributed by atoms with Gasteiger partial charge in [0.15, 0.2) is 0 Å². The van der Waals surface area contributed by atoms with E-state index in [0.717, 1.165) is 63.1 Å². The molecule has 4 rings (SSSR count). The van der Waals surface area contributed by atoms with Gasteiger partial charge in [0, 0.05) is 43.2 Å². The fraction of sp³-hybridized carbons (Fsp3) is 0.667. The van der Waals surface area contributed by atoms with Gasteiger partial charge in [-0.25, -0.2) is 0 Å². The average Bonchev–Trinajstić information content (AvgIpc) is 3.34. The summed E-state index contributed by atoms with van der Waals surface area (Å²) in [5.74, 6) is 1.15. The van der Waals surface area contributed by atoms with E-state index < -0.39 is 0 Å². The van der Waals surface area contributed by atoms with Gasteiger partial charge < -0.3 is 19.9 Å². The lowest BCUT2D eigenvalue weighted by molar-refractivity contribution is -0.117. The average molecular weight is 357 g/mol. The molecule has 0 saturated carbocycles. The van der Waals surface area contributed by atoms with Gasteiger partial charge in [-0.15, -0.1) is 0 Å². The van der Waals surface area contributed by atoms with Crippen molar-refractivity contribution in [1.29, 1.82) is 0 Å². The van der Waals surface area contributed by atoms with Crippen LogP contribution in [0.5, 0.6) is 5.75 Å². The first-order valence-corrected chi connectivity index (χ1v) is 10.1. The molecule has 0 bridgehead atoms. The molecule has 1 spiro atoms. The predicted octanol–water partition coefficient (Wildman–Crippen LogP) is 2.66. The van der Waals surface area contributed by atoms with Crippen molar-refractivity contribution in [2.75, 3.05) is 44.2 Å². The van der Waals surface area contributed by atoms with Gasteiger partial charge in [-0.05, 0) is 70.0 Å². The fourth-order valence-corrected chi connectivity index (χ4v) is 4.72. The zero-order valence-electron chi connectivity index (χ0n) is 15.9. The number of nitrogens with zero attached hydrogens (tertiary/aromatic N) is 2. The molecule has 0 radical (unpaired) electrons. The highest BCUT2D eigenvalue weighted by atomic mass is 16.5. The number of amides is 1. The van der Waals surface area contributed by atoms with Crippen LogP contribution in [0.2, 0.25) is 0 Å². The van der Waals surface area contributed by atoms with Crippen LogP contribution >= 0.6 is 0 Å². The largest absolute Gasteiger partial charge is 0.494 e. The van der Waals surface area contributed by atoms with E-state index in [0.29, 0.717) is 6.42 Å². The van der Waals surface area contributed by atoms with Crippen LogP contribution in [0.25, 0.3) is 0 Å². The smallest absolute Gasteiger partial charge is 0.227 e. The predicted molar refractivity (Wildman–Crippen MR) is 104 cm³/mol. The summed E-state index contributed by atoms with van der Waals surface area (Å²) in [7, 11) is 0. The quantitative estimate of drug-likeness (QED) is 0.795. The number of carbonyl (C=O) groups is 1. The SMILES string of the molecule is C[C@H]1CCCN1CCCOc1ccc(N2C[C@@]3(CCNC3)CC2=O)cc1. The number of hydrogen-bond acceptors (Lipinski definition) is 4. The number of nitrogens with one attached hydrogen (secondary N) is 1. The standard InChI is InChI=1S/C21H31N3O2/c1-17-4-2-11-23(17)12-3-13-26-19-7-5-18(6-8-19)24-16-21(14-20(24)25)9-10-22-15-21/h5-8,17,22H,2-4,9-16H2,1H3/t17-,21-/m0/s1. The minimum atomic E-state index is 0.152. The molecular weight excluding hydrogens is 326 g/mol. The summed E-state index contributed by atoms with van der Waals surface area (Å²) in [5.41, 5.74) is 1.15. The van der Waals surface area contributed by atoms with Crippen molar-refractivity contribution in [3.63, 3.8) is 0 Å². The number of anilines is 1. The van der Waals surface area contributed by atoms with Gasteiger partial charge in [0.05, 0.1) is 6.61 Å². The maximum absolute atomic E-state index is 12.4. The lowest BCUT2D eigenvalue weighted by Crippen LogP contribution is -2.29. The second-order valence-corrected chi connectivity index (χ2v) is 8.31. The summed E-state index contributed by atoms with van der Waals surface area (Å²) in [6.07, 6.45) is 5.50. The number of rotatable bonds is 6. The number of hydrogen-bond donors (Lipinski definition) is 1. The van der Waals surface area contributed by atoms with E-state index in [9.17, 15) is 4.79 Å². The van der Waals surface area contributed by atoms with Crippen molar-refractivity contribution in [1.82, 2.24) is 10.2 Å². The Balaban J connectivity index is 1.26. The molecule has 0 unspecified atom stereocenters. The molecule has 1 aromatic carbocycles. The Morgan fingerprint density at radius 2 is 2.15 bits per heavy atom. The van der Waals surface area contributed by atoms with Crippen LogP contribution in [-0.2, 0) is 4.79 Å². The number of ether oxygens (including phenoxy) is 1. The molecular formula is C21H31N3O2. The second-order valence-electron chi connectivity index (χ2n) is 8.31. The zero-order valence-corrected chi connectivity index (χ0v) is 15.9. The van der Waals surface area contributed by atoms with Crippen LogP contribution in [0.15, 0.2) is 24.3 Å². The maximum atomic E-state index is 12.4. The Hall–Kier alpha value is -1.59. The van der Waals surface area contributed by atoms with E-state index in [-0.39, 0.29) is 11.3 Å². The fourth-order valence-electron chi connectivity index (χ4n) is 4.72. The van der Waals surface area contributed by atoms with Crippen molar-refractivity contribution in [2.24, 2.45) is 5.41 Å². The molecule has 1 amide bonds. The minimum absolute atomic E-state index is 0.152. The molecule has 1 N–H and O–H groups in total. The van der Waals surface area contributed by atoms with Crippen LogP contribution in [0.3, 0.4) is 0 Å². The summed E-state index contributed by atoms with van der Waals surface area (Å²) in [4.78, 5) is 17.0. The highest BCUT2D eigenvalue weighted by Crippen LogP contribution is 2.39. The van der Waals surface area contributed by atoms with Gasteiger partial charge in [0.2, 0.25) is 5.91 Å². The van der Waals surface area contributed by atoms with Crippen LogP contribution < -0.4 is 15.0 Å². The maximum Gasteiger partial charge on any atom is 0.227 e. The van der Waals surface area contributed by atoms with Gasteiger partial charge in [-0.3, -0.25) is 4.79 Å². The van der Waals surface area contributed by atoms with Crippen molar-refractivity contribution in [2.45, 2.75) is 45.1 Å². The highest BCUT2D eigenvalue weighted by Gasteiger charge is 2.45. The molecule has 3 fully saturated rings. The third-order valence-corrected chi connectivity index (χ3v) is 6.35. The first-order chi connectivity index (χ1) is 12.7. The molecule has 3 aliphatic rings. The molecule has 3 aliphatic heterocycles. The number of benzene rings is 1. The first-order valence-electron chi connectivity index (χ1n) is 10.1. The summed E-state index contributed by atoms with van der Waals surface area (Å²) in [5, 5.41) is 3.41. The van der Waals surface area contributed by atoms with Crippen LogP contribution in [0.4, 0.5) is 5.69 Å². The first kappa shape index (κ1) is 17.8. The molecule has 1 aromatic rings. The number of carbonyl (C=O) groups excluding carboxylic acids is 1. The topological polar surface area (TPSA) is 44.8 Å². The van der Waals surface area contributed by atoms with Gasteiger partial charge in [0.1, 0.15) is 5.75 Å². The lowest BCUT2D eigenvalue weighted by Gasteiger charge is -2.22. The Morgan fingerprint density at radius 1 is 1.31 bits per heavy atom. The summed E-state index contributed by atoms with van der Waals surface area (Å²) >= 11 is 0. The summed E-state index contributed by atoms with van der Waals surface area (Å²) < 4.78 is 5.90. The normalized spacial score (nSPS) is 29.2. The van der Waals surface area contributed by atoms with Crippen LogP contribution in [-0.4, -0.2) is 56.2 Å².